The monoisotopic (exact) mass is 410 g/mol. The molecule has 0 radical (unpaired) electrons. The maximum atomic E-state index is 14.4. The first-order chi connectivity index (χ1) is 15.2. The summed E-state index contributed by atoms with van der Waals surface area (Å²) in [6.45, 7) is 0.651. The standard InChI is InChI=1S/C24H19FN6/c1-27-19-11-31-22(17-9-15(25)6-7-16(17)19)20(21-23(26)29-12-30-24(21)31)14-8-13-4-2-3-5-18(13)28-10-14/h2-10,12,19,27H,11H2,1H3,(H2,26,29,30). The Morgan fingerprint density at radius 2 is 1.97 bits per heavy atom. The Bertz CT molecular complexity index is 1490. The molecule has 0 amide bonds. The minimum atomic E-state index is -0.283. The highest BCUT2D eigenvalue weighted by Crippen LogP contribution is 2.47. The van der Waals surface area contributed by atoms with Crippen molar-refractivity contribution in [2.75, 3.05) is 12.8 Å². The predicted molar refractivity (Wildman–Crippen MR) is 120 cm³/mol. The average Bonchev–Trinajstić information content (AvgIpc) is 3.14. The van der Waals surface area contributed by atoms with Crippen LogP contribution in [0.2, 0.25) is 0 Å². The molecule has 3 aromatic heterocycles. The van der Waals surface area contributed by atoms with E-state index in [-0.39, 0.29) is 11.9 Å². The average molecular weight is 410 g/mol. The number of nitrogens with zero attached hydrogens (tertiary/aromatic N) is 4. The lowest BCUT2D eigenvalue weighted by atomic mass is 9.90. The lowest BCUT2D eigenvalue weighted by molar-refractivity contribution is 0.498. The molecule has 0 saturated carbocycles. The number of nitrogens with two attached hydrogens (primary N) is 1. The van der Waals surface area contributed by atoms with Crippen molar-refractivity contribution in [1.29, 1.82) is 0 Å². The summed E-state index contributed by atoms with van der Waals surface area (Å²) < 4.78 is 16.5. The molecular formula is C24H19FN6. The highest BCUT2D eigenvalue weighted by molar-refractivity contribution is 6.09. The molecule has 4 heterocycles. The second kappa shape index (κ2) is 6.58. The number of fused-ring (bicyclic) bond motifs is 6. The van der Waals surface area contributed by atoms with Gasteiger partial charge in [-0.2, -0.15) is 0 Å². The molecule has 0 saturated heterocycles. The molecule has 1 aliphatic heterocycles. The van der Waals surface area contributed by atoms with Crippen LogP contribution in [-0.2, 0) is 6.54 Å². The molecule has 6 nitrogen and oxygen atoms in total. The summed E-state index contributed by atoms with van der Waals surface area (Å²) >= 11 is 0. The van der Waals surface area contributed by atoms with Crippen LogP contribution in [0.3, 0.4) is 0 Å². The van der Waals surface area contributed by atoms with Gasteiger partial charge >= 0.3 is 0 Å². The summed E-state index contributed by atoms with van der Waals surface area (Å²) in [5.74, 6) is 0.114. The normalized spacial score (nSPS) is 15.2. The highest BCUT2D eigenvalue weighted by atomic mass is 19.1. The first kappa shape index (κ1) is 18.0. The number of likely N-dealkylation sites (N-methyl/N-ethyl adjacent to an activating group) is 1. The summed E-state index contributed by atoms with van der Waals surface area (Å²) in [5.41, 5.74) is 12.5. The van der Waals surface area contributed by atoms with E-state index in [0.717, 1.165) is 49.9 Å². The maximum Gasteiger partial charge on any atom is 0.146 e. The number of hydrogen-bond donors (Lipinski definition) is 2. The molecule has 7 heteroatoms. The van der Waals surface area contributed by atoms with Gasteiger partial charge in [-0.1, -0.05) is 24.3 Å². The van der Waals surface area contributed by atoms with Gasteiger partial charge in [0.2, 0.25) is 0 Å². The lowest BCUT2D eigenvalue weighted by Gasteiger charge is -2.28. The molecule has 2 aromatic carbocycles. The third-order valence-electron chi connectivity index (χ3n) is 6.11. The number of benzene rings is 2. The van der Waals surface area contributed by atoms with Gasteiger partial charge in [0, 0.05) is 34.8 Å². The summed E-state index contributed by atoms with van der Waals surface area (Å²) in [6, 6.07) is 15.0. The molecule has 1 atom stereocenters. The number of anilines is 1. The Hall–Kier alpha value is -3.84. The Morgan fingerprint density at radius 3 is 2.84 bits per heavy atom. The zero-order valence-electron chi connectivity index (χ0n) is 16.8. The van der Waals surface area contributed by atoms with Crippen molar-refractivity contribution in [1.82, 2.24) is 24.8 Å². The molecule has 6 rings (SSSR count). The topological polar surface area (TPSA) is 81.7 Å². The van der Waals surface area contributed by atoms with Gasteiger partial charge in [-0.15, -0.1) is 0 Å². The van der Waals surface area contributed by atoms with Crippen LogP contribution in [-0.4, -0.2) is 26.6 Å². The third-order valence-corrected chi connectivity index (χ3v) is 6.11. The van der Waals surface area contributed by atoms with Crippen molar-refractivity contribution >= 4 is 27.8 Å². The molecule has 1 unspecified atom stereocenters. The van der Waals surface area contributed by atoms with Crippen LogP contribution in [0.25, 0.3) is 44.3 Å². The van der Waals surface area contributed by atoms with Crippen molar-refractivity contribution in [3.63, 3.8) is 0 Å². The molecule has 1 aliphatic rings. The predicted octanol–water partition coefficient (Wildman–Crippen LogP) is 4.31. The van der Waals surface area contributed by atoms with E-state index in [1.807, 2.05) is 43.6 Å². The number of aromatic nitrogens is 4. The quantitative estimate of drug-likeness (QED) is 0.453. The first-order valence-corrected chi connectivity index (χ1v) is 10.1. The van der Waals surface area contributed by atoms with E-state index < -0.39 is 0 Å². The fraction of sp³-hybridized carbons (Fsp3) is 0.125. The Labute approximate surface area is 177 Å². The van der Waals surface area contributed by atoms with Gasteiger partial charge in [0.25, 0.3) is 0 Å². The van der Waals surface area contributed by atoms with Gasteiger partial charge in [0.05, 0.1) is 22.6 Å². The zero-order chi connectivity index (χ0) is 21.1. The first-order valence-electron chi connectivity index (χ1n) is 10.1. The summed E-state index contributed by atoms with van der Waals surface area (Å²) in [5, 5.41) is 5.13. The van der Waals surface area contributed by atoms with E-state index in [1.165, 1.54) is 12.4 Å². The molecule has 152 valence electrons. The zero-order valence-corrected chi connectivity index (χ0v) is 16.8. The van der Waals surface area contributed by atoms with E-state index in [1.54, 1.807) is 6.07 Å². The number of halogens is 1. The van der Waals surface area contributed by atoms with E-state index in [2.05, 4.69) is 30.9 Å². The molecular weight excluding hydrogens is 391 g/mol. The number of rotatable bonds is 2. The third kappa shape index (κ3) is 2.56. The van der Waals surface area contributed by atoms with Crippen LogP contribution in [0.1, 0.15) is 11.6 Å². The van der Waals surface area contributed by atoms with Gasteiger partial charge in [-0.25, -0.2) is 14.4 Å². The number of nitrogens with one attached hydrogen (secondary N) is 1. The molecule has 0 spiro atoms. The van der Waals surface area contributed by atoms with Crippen LogP contribution >= 0.6 is 0 Å². The second-order valence-corrected chi connectivity index (χ2v) is 7.78. The lowest BCUT2D eigenvalue weighted by Crippen LogP contribution is -2.26. The van der Waals surface area contributed by atoms with E-state index in [9.17, 15) is 4.39 Å². The number of nitrogen functional groups attached to an aromatic ring is 1. The SMILES string of the molecule is CNC1Cn2c(c(-c3cnc4ccccc4c3)c3c(N)ncnc32)-c2cc(F)ccc21. The minimum absolute atomic E-state index is 0.0254. The second-order valence-electron chi connectivity index (χ2n) is 7.78. The molecule has 5 aromatic rings. The number of para-hydroxylation sites is 1. The van der Waals surface area contributed by atoms with E-state index in [0.29, 0.717) is 12.4 Å². The van der Waals surface area contributed by atoms with Crippen LogP contribution in [0.5, 0.6) is 0 Å². The van der Waals surface area contributed by atoms with Crippen LogP contribution in [0.4, 0.5) is 10.2 Å². The molecule has 0 fully saturated rings. The smallest absolute Gasteiger partial charge is 0.146 e. The van der Waals surface area contributed by atoms with Gasteiger partial charge in [0.1, 0.15) is 23.6 Å². The Balaban J connectivity index is 1.76. The fourth-order valence-corrected chi connectivity index (χ4v) is 4.70. The molecule has 0 aliphatic carbocycles. The largest absolute Gasteiger partial charge is 0.383 e. The molecule has 3 N–H and O–H groups in total. The van der Waals surface area contributed by atoms with E-state index >= 15 is 0 Å². The maximum absolute atomic E-state index is 14.4. The van der Waals surface area contributed by atoms with Gasteiger partial charge in [0.15, 0.2) is 0 Å². The van der Waals surface area contributed by atoms with Gasteiger partial charge in [-0.05, 0) is 36.9 Å². The van der Waals surface area contributed by atoms with Gasteiger partial charge in [-0.3, -0.25) is 4.98 Å². The van der Waals surface area contributed by atoms with Crippen molar-refractivity contribution in [2.24, 2.45) is 0 Å². The van der Waals surface area contributed by atoms with Crippen molar-refractivity contribution < 1.29 is 4.39 Å². The summed E-state index contributed by atoms with van der Waals surface area (Å²) in [4.78, 5) is 13.5. The van der Waals surface area contributed by atoms with Crippen LogP contribution in [0.15, 0.2) is 61.1 Å². The molecule has 0 bridgehead atoms. The van der Waals surface area contributed by atoms with Gasteiger partial charge < -0.3 is 15.6 Å². The number of hydrogen-bond acceptors (Lipinski definition) is 5. The number of pyridine rings is 1. The Kier molecular flexibility index (Phi) is 3.82. The minimum Gasteiger partial charge on any atom is -0.383 e. The highest BCUT2D eigenvalue weighted by Gasteiger charge is 2.31. The summed E-state index contributed by atoms with van der Waals surface area (Å²) in [6.07, 6.45) is 3.32. The van der Waals surface area contributed by atoms with Crippen molar-refractivity contribution in [2.45, 2.75) is 12.6 Å². The van der Waals surface area contributed by atoms with E-state index in [4.69, 9.17) is 5.73 Å². The fourth-order valence-electron chi connectivity index (χ4n) is 4.70. The summed E-state index contributed by atoms with van der Waals surface area (Å²) in [7, 11) is 1.91. The van der Waals surface area contributed by atoms with Crippen LogP contribution in [0, 0.1) is 5.82 Å². The Morgan fingerprint density at radius 1 is 1.10 bits per heavy atom. The van der Waals surface area contributed by atoms with Crippen LogP contribution < -0.4 is 11.1 Å². The molecule has 31 heavy (non-hydrogen) atoms. The van der Waals surface area contributed by atoms with Crippen molar-refractivity contribution in [3.05, 3.63) is 72.4 Å². The van der Waals surface area contributed by atoms with Crippen molar-refractivity contribution in [3.8, 4) is 22.4 Å².